The monoisotopic (exact) mass is 703 g/mol. The van der Waals surface area contributed by atoms with Crippen LogP contribution in [0.4, 0.5) is 17.1 Å². The van der Waals surface area contributed by atoms with Gasteiger partial charge >= 0.3 is 0 Å². The molecule has 0 saturated heterocycles. The molecular weight excluding hydrogens is 671 g/mol. The van der Waals surface area contributed by atoms with Gasteiger partial charge < -0.3 is 13.7 Å². The zero-order valence-electron chi connectivity index (χ0n) is 29.8. The third kappa shape index (κ3) is 5.20. The lowest BCUT2D eigenvalue weighted by Crippen LogP contribution is -2.10. The van der Waals surface area contributed by atoms with Crippen LogP contribution in [0.1, 0.15) is 0 Å². The Morgan fingerprint density at radius 1 is 0.327 bits per heavy atom. The fourth-order valence-electron chi connectivity index (χ4n) is 8.25. The third-order valence-corrected chi connectivity index (χ3v) is 10.9. The summed E-state index contributed by atoms with van der Waals surface area (Å²) >= 11 is 0. The van der Waals surface area contributed by atoms with Gasteiger partial charge in [-0.1, -0.05) is 146 Å². The molecule has 11 rings (SSSR count). The molecule has 0 N–H and O–H groups in total. The third-order valence-electron chi connectivity index (χ3n) is 10.9. The maximum atomic E-state index is 6.82. The molecule has 3 nitrogen and oxygen atoms in total. The first-order chi connectivity index (χ1) is 27.3. The number of fused-ring (bicyclic) bond motifs is 7. The number of furan rings is 2. The van der Waals surface area contributed by atoms with Crippen LogP contribution >= 0.6 is 0 Å². The summed E-state index contributed by atoms with van der Waals surface area (Å²) in [6.07, 6.45) is 0. The molecule has 0 radical (unpaired) electrons. The van der Waals surface area contributed by atoms with Crippen LogP contribution in [0.2, 0.25) is 0 Å². The minimum atomic E-state index is 0.847. The summed E-state index contributed by atoms with van der Waals surface area (Å²) in [4.78, 5) is 2.32. The lowest BCUT2D eigenvalue weighted by molar-refractivity contribution is 0.668. The minimum Gasteiger partial charge on any atom is -0.456 e. The molecule has 3 heteroatoms. The van der Waals surface area contributed by atoms with E-state index in [4.69, 9.17) is 8.83 Å². The lowest BCUT2D eigenvalue weighted by atomic mass is 9.97. The Bertz CT molecular complexity index is 3180. The van der Waals surface area contributed by atoms with E-state index < -0.39 is 0 Å². The molecule has 2 aromatic heterocycles. The summed E-state index contributed by atoms with van der Waals surface area (Å²) in [5, 5.41) is 6.94. The topological polar surface area (TPSA) is 29.5 Å². The second-order valence-corrected chi connectivity index (χ2v) is 14.1. The van der Waals surface area contributed by atoms with E-state index in [1.165, 1.54) is 21.9 Å². The maximum absolute atomic E-state index is 6.82. The summed E-state index contributed by atoms with van der Waals surface area (Å²) in [6.45, 7) is 0. The molecule has 55 heavy (non-hydrogen) atoms. The van der Waals surface area contributed by atoms with E-state index in [2.05, 4.69) is 187 Å². The van der Waals surface area contributed by atoms with Crippen molar-refractivity contribution in [1.82, 2.24) is 0 Å². The van der Waals surface area contributed by atoms with Crippen LogP contribution in [-0.4, -0.2) is 0 Å². The van der Waals surface area contributed by atoms with E-state index in [0.717, 1.165) is 83.2 Å². The molecule has 2 heterocycles. The molecule has 0 aliphatic rings. The van der Waals surface area contributed by atoms with E-state index in [0.29, 0.717) is 0 Å². The highest BCUT2D eigenvalue weighted by Gasteiger charge is 2.22. The summed E-state index contributed by atoms with van der Waals surface area (Å²) in [6, 6.07) is 70.9. The van der Waals surface area contributed by atoms with Gasteiger partial charge in [0.1, 0.15) is 16.7 Å². The van der Waals surface area contributed by atoms with Crippen LogP contribution in [0.25, 0.3) is 88.0 Å². The Morgan fingerprint density at radius 2 is 0.909 bits per heavy atom. The van der Waals surface area contributed by atoms with E-state index >= 15 is 0 Å². The second-order valence-electron chi connectivity index (χ2n) is 14.1. The van der Waals surface area contributed by atoms with Gasteiger partial charge in [-0.15, -0.1) is 0 Å². The first-order valence-corrected chi connectivity index (χ1v) is 18.7. The van der Waals surface area contributed by atoms with Crippen molar-refractivity contribution in [3.63, 3.8) is 0 Å². The Hall–Kier alpha value is -7.36. The van der Waals surface area contributed by atoms with Gasteiger partial charge in [-0.05, 0) is 98.8 Å². The van der Waals surface area contributed by atoms with Crippen molar-refractivity contribution in [1.29, 1.82) is 0 Å². The van der Waals surface area contributed by atoms with E-state index in [1.54, 1.807) is 0 Å². The smallest absolute Gasteiger partial charge is 0.160 e. The van der Waals surface area contributed by atoms with Crippen LogP contribution in [-0.2, 0) is 0 Å². The highest BCUT2D eigenvalue weighted by molar-refractivity contribution is 6.17. The largest absolute Gasteiger partial charge is 0.456 e. The predicted octanol–water partition coefficient (Wildman–Crippen LogP) is 15.1. The van der Waals surface area contributed by atoms with E-state index in [9.17, 15) is 0 Å². The fourth-order valence-corrected chi connectivity index (χ4v) is 8.25. The van der Waals surface area contributed by atoms with Gasteiger partial charge in [0.05, 0.1) is 5.69 Å². The molecule has 11 aromatic rings. The standard InChI is InChI=1S/C52H33NO2/c1-2-11-36(12-3-1)43-31-32-47(52-51(43)46-17-7-9-20-49(46)55-52)53(40-28-23-37(24-29-40)42-18-10-14-35-13-4-5-15-41(35)42)39-26-21-34(22-27-39)38-25-30-45-44-16-6-8-19-48(44)54-50(45)33-38/h1-33H. The molecule has 0 saturated carbocycles. The number of hydrogen-bond acceptors (Lipinski definition) is 3. The van der Waals surface area contributed by atoms with E-state index in [1.807, 2.05) is 18.2 Å². The average Bonchev–Trinajstić information content (AvgIpc) is 3.83. The number of benzene rings is 9. The van der Waals surface area contributed by atoms with Crippen molar-refractivity contribution < 1.29 is 8.83 Å². The number of hydrogen-bond donors (Lipinski definition) is 0. The molecular formula is C52H33NO2. The van der Waals surface area contributed by atoms with Gasteiger partial charge in [0.15, 0.2) is 5.58 Å². The van der Waals surface area contributed by atoms with Crippen LogP contribution in [0.3, 0.4) is 0 Å². The summed E-state index contributed by atoms with van der Waals surface area (Å²) in [7, 11) is 0. The van der Waals surface area contributed by atoms with Crippen LogP contribution in [0.15, 0.2) is 209 Å². The van der Waals surface area contributed by atoms with Gasteiger partial charge in [0.2, 0.25) is 0 Å². The van der Waals surface area contributed by atoms with Gasteiger partial charge in [0, 0.05) is 32.9 Å². The zero-order valence-corrected chi connectivity index (χ0v) is 29.8. The van der Waals surface area contributed by atoms with Crippen molar-refractivity contribution in [2.75, 3.05) is 4.90 Å². The van der Waals surface area contributed by atoms with Crippen molar-refractivity contribution in [2.24, 2.45) is 0 Å². The van der Waals surface area contributed by atoms with Gasteiger partial charge in [0.25, 0.3) is 0 Å². The van der Waals surface area contributed by atoms with Crippen molar-refractivity contribution >= 4 is 71.7 Å². The van der Waals surface area contributed by atoms with Crippen LogP contribution < -0.4 is 4.90 Å². The van der Waals surface area contributed by atoms with Gasteiger partial charge in [-0.25, -0.2) is 0 Å². The highest BCUT2D eigenvalue weighted by atomic mass is 16.3. The molecule has 9 aromatic carbocycles. The van der Waals surface area contributed by atoms with Crippen LogP contribution in [0, 0.1) is 0 Å². The number of rotatable bonds is 6. The van der Waals surface area contributed by atoms with Crippen molar-refractivity contribution in [3.8, 4) is 33.4 Å². The second kappa shape index (κ2) is 12.6. The number of para-hydroxylation sites is 2. The summed E-state index contributed by atoms with van der Waals surface area (Å²) < 4.78 is 13.1. The summed E-state index contributed by atoms with van der Waals surface area (Å²) in [5.41, 5.74) is 13.5. The predicted molar refractivity (Wildman–Crippen MR) is 229 cm³/mol. The molecule has 0 atom stereocenters. The normalized spacial score (nSPS) is 11.6. The van der Waals surface area contributed by atoms with Crippen molar-refractivity contribution in [2.45, 2.75) is 0 Å². The van der Waals surface area contributed by atoms with Gasteiger partial charge in [-0.2, -0.15) is 0 Å². The number of anilines is 3. The molecule has 0 spiro atoms. The quantitative estimate of drug-likeness (QED) is 0.173. The first kappa shape index (κ1) is 31.2. The number of nitrogens with zero attached hydrogens (tertiary/aromatic N) is 1. The lowest BCUT2D eigenvalue weighted by Gasteiger charge is -2.26. The first-order valence-electron chi connectivity index (χ1n) is 18.7. The molecule has 0 aliphatic heterocycles. The summed E-state index contributed by atoms with van der Waals surface area (Å²) in [5.74, 6) is 0. The highest BCUT2D eigenvalue weighted by Crippen LogP contribution is 2.46. The molecule has 0 bridgehead atoms. The van der Waals surface area contributed by atoms with Crippen molar-refractivity contribution in [3.05, 3.63) is 200 Å². The Morgan fingerprint density at radius 3 is 1.69 bits per heavy atom. The Kier molecular flexibility index (Phi) is 7.17. The van der Waals surface area contributed by atoms with E-state index in [-0.39, 0.29) is 0 Å². The Balaban J connectivity index is 1.08. The SMILES string of the molecule is c1ccc(-c2ccc(N(c3ccc(-c4ccc5c(c4)oc4ccccc45)cc3)c3ccc(-c4cccc5ccccc45)cc3)c3oc4ccccc4c23)cc1. The molecule has 0 amide bonds. The minimum absolute atomic E-state index is 0.847. The maximum Gasteiger partial charge on any atom is 0.160 e. The molecule has 0 aliphatic carbocycles. The van der Waals surface area contributed by atoms with Gasteiger partial charge in [-0.3, -0.25) is 0 Å². The Labute approximate surface area is 317 Å². The van der Waals surface area contributed by atoms with Crippen LogP contribution in [0.5, 0.6) is 0 Å². The molecule has 0 unspecified atom stereocenters. The molecule has 258 valence electrons. The zero-order chi connectivity index (χ0) is 36.3. The fraction of sp³-hybridized carbons (Fsp3) is 0. The molecule has 0 fully saturated rings. The average molecular weight is 704 g/mol.